The zero-order valence-electron chi connectivity index (χ0n) is 30.4. The molecule has 5 heterocycles. The highest BCUT2D eigenvalue weighted by molar-refractivity contribution is 7.25. The van der Waals surface area contributed by atoms with Gasteiger partial charge in [0.25, 0.3) is 0 Å². The van der Waals surface area contributed by atoms with E-state index in [1.165, 1.54) is 53.6 Å². The van der Waals surface area contributed by atoms with Crippen molar-refractivity contribution in [3.8, 4) is 55.6 Å². The van der Waals surface area contributed by atoms with Gasteiger partial charge in [0.05, 0.1) is 0 Å². The summed E-state index contributed by atoms with van der Waals surface area (Å²) < 4.78 is 14.6. The van der Waals surface area contributed by atoms with Crippen LogP contribution >= 0.6 is 11.3 Å². The summed E-state index contributed by atoms with van der Waals surface area (Å²) in [4.78, 5) is 9.18. The van der Waals surface area contributed by atoms with Crippen LogP contribution in [0.4, 0.5) is 0 Å². The lowest BCUT2D eigenvalue weighted by molar-refractivity contribution is 0.668. The molecular formula is C52H30N2O2S. The topological polar surface area (TPSA) is 52.1 Å². The molecule has 5 aromatic heterocycles. The predicted octanol–water partition coefficient (Wildman–Crippen LogP) is 15.0. The highest BCUT2D eigenvalue weighted by atomic mass is 32.1. The van der Waals surface area contributed by atoms with Crippen LogP contribution < -0.4 is 0 Å². The van der Waals surface area contributed by atoms with Crippen LogP contribution in [0.15, 0.2) is 191 Å². The highest BCUT2D eigenvalue weighted by Gasteiger charge is 2.14. The zero-order valence-corrected chi connectivity index (χ0v) is 31.3. The number of rotatable bonds is 5. The molecule has 0 saturated heterocycles. The molecule has 0 radical (unpaired) electrons. The van der Waals surface area contributed by atoms with Gasteiger partial charge in [-0.05, 0) is 147 Å². The Morgan fingerprint density at radius 3 is 1.05 bits per heavy atom. The van der Waals surface area contributed by atoms with Crippen molar-refractivity contribution in [2.45, 2.75) is 0 Å². The van der Waals surface area contributed by atoms with Crippen LogP contribution in [0.5, 0.6) is 0 Å². The maximum absolute atomic E-state index is 6.04. The molecule has 266 valence electrons. The number of furan rings is 2. The fourth-order valence-electron chi connectivity index (χ4n) is 8.33. The molecule has 4 nitrogen and oxygen atoms in total. The molecule has 0 N–H and O–H groups in total. The Kier molecular flexibility index (Phi) is 7.06. The number of hydrogen-bond acceptors (Lipinski definition) is 5. The first kappa shape index (κ1) is 32.0. The number of benzene rings is 7. The second kappa shape index (κ2) is 12.6. The van der Waals surface area contributed by atoms with Crippen molar-refractivity contribution in [1.29, 1.82) is 0 Å². The van der Waals surface area contributed by atoms with E-state index in [9.17, 15) is 0 Å². The number of hydrogen-bond donors (Lipinski definition) is 0. The van der Waals surface area contributed by atoms with Crippen molar-refractivity contribution in [2.24, 2.45) is 0 Å². The predicted molar refractivity (Wildman–Crippen MR) is 237 cm³/mol. The van der Waals surface area contributed by atoms with Crippen molar-refractivity contribution >= 4 is 75.6 Å². The van der Waals surface area contributed by atoms with Gasteiger partial charge in [0.2, 0.25) is 0 Å². The van der Waals surface area contributed by atoms with E-state index in [4.69, 9.17) is 8.83 Å². The number of thiophene rings is 1. The van der Waals surface area contributed by atoms with E-state index in [1.807, 2.05) is 54.1 Å². The molecule has 12 rings (SSSR count). The molecule has 57 heavy (non-hydrogen) atoms. The van der Waals surface area contributed by atoms with E-state index in [0.29, 0.717) is 0 Å². The number of pyridine rings is 2. The van der Waals surface area contributed by atoms with E-state index in [0.717, 1.165) is 66.4 Å². The summed E-state index contributed by atoms with van der Waals surface area (Å²) in [5, 5.41) is 4.62. The highest BCUT2D eigenvalue weighted by Crippen LogP contribution is 2.40. The quantitative estimate of drug-likeness (QED) is 0.176. The van der Waals surface area contributed by atoms with Gasteiger partial charge in [-0.1, -0.05) is 78.9 Å². The average molecular weight is 747 g/mol. The van der Waals surface area contributed by atoms with Gasteiger partial charge in [-0.15, -0.1) is 11.3 Å². The third-order valence-electron chi connectivity index (χ3n) is 11.2. The third-order valence-corrected chi connectivity index (χ3v) is 12.3. The lowest BCUT2D eigenvalue weighted by Crippen LogP contribution is -1.84. The van der Waals surface area contributed by atoms with Crippen LogP contribution in [-0.2, 0) is 0 Å². The summed E-state index contributed by atoms with van der Waals surface area (Å²) >= 11 is 1.85. The molecule has 0 aliphatic carbocycles. The molecule has 12 aromatic rings. The van der Waals surface area contributed by atoms with Crippen molar-refractivity contribution in [3.05, 3.63) is 182 Å². The molecule has 7 aromatic carbocycles. The maximum Gasteiger partial charge on any atom is 0.153 e. The summed E-state index contributed by atoms with van der Waals surface area (Å²) in [6.45, 7) is 0. The van der Waals surface area contributed by atoms with E-state index in [1.54, 1.807) is 0 Å². The first-order valence-electron chi connectivity index (χ1n) is 19.0. The molecule has 0 spiro atoms. The van der Waals surface area contributed by atoms with Gasteiger partial charge >= 0.3 is 0 Å². The van der Waals surface area contributed by atoms with E-state index in [-0.39, 0.29) is 0 Å². The number of aromatic nitrogens is 2. The van der Waals surface area contributed by atoms with Gasteiger partial charge in [0.15, 0.2) is 11.2 Å². The van der Waals surface area contributed by atoms with Gasteiger partial charge < -0.3 is 8.83 Å². The first-order valence-corrected chi connectivity index (χ1v) is 19.8. The molecule has 5 heteroatoms. The Morgan fingerprint density at radius 2 is 0.649 bits per heavy atom. The number of nitrogens with zero attached hydrogens (tertiary/aromatic N) is 2. The molecule has 0 aliphatic heterocycles. The van der Waals surface area contributed by atoms with E-state index >= 15 is 0 Å². The smallest absolute Gasteiger partial charge is 0.153 e. The van der Waals surface area contributed by atoms with Crippen LogP contribution in [0.3, 0.4) is 0 Å². The standard InChI is InChI=1S/C52H30N2O2S/c1-6-31(24-33(8-1)37-14-18-45-43(29-37)51-47(55-45)12-4-22-53-51)32-7-2-10-35(25-32)39-16-20-49-41(27-39)42-28-40(17-21-50(42)57-49)36-11-3-9-34(26-36)38-15-19-46-44(30-38)52-48(56-46)13-5-23-54-52/h1-30H. The second-order valence-corrected chi connectivity index (χ2v) is 15.7. The van der Waals surface area contributed by atoms with Gasteiger partial charge in [-0.2, -0.15) is 0 Å². The van der Waals surface area contributed by atoms with Crippen LogP contribution in [0.1, 0.15) is 0 Å². The van der Waals surface area contributed by atoms with E-state index < -0.39 is 0 Å². The van der Waals surface area contributed by atoms with Crippen LogP contribution in [0.2, 0.25) is 0 Å². The summed E-state index contributed by atoms with van der Waals surface area (Å²) in [6.07, 6.45) is 3.64. The zero-order chi connectivity index (χ0) is 37.5. The van der Waals surface area contributed by atoms with Gasteiger partial charge in [0.1, 0.15) is 22.2 Å². The lowest BCUT2D eigenvalue weighted by atomic mass is 9.95. The molecule has 0 unspecified atom stereocenters. The largest absolute Gasteiger partial charge is 0.454 e. The molecule has 0 amide bonds. The van der Waals surface area contributed by atoms with Crippen LogP contribution in [0, 0.1) is 0 Å². The minimum absolute atomic E-state index is 0.808. The Balaban J connectivity index is 0.881. The Bertz CT molecular complexity index is 3550. The van der Waals surface area contributed by atoms with Crippen molar-refractivity contribution in [1.82, 2.24) is 9.97 Å². The van der Waals surface area contributed by atoms with Crippen LogP contribution in [-0.4, -0.2) is 9.97 Å². The fraction of sp³-hybridized carbons (Fsp3) is 0. The van der Waals surface area contributed by atoms with Gasteiger partial charge in [-0.25, -0.2) is 0 Å². The summed E-state index contributed by atoms with van der Waals surface area (Å²) in [7, 11) is 0. The third kappa shape index (κ3) is 5.35. The second-order valence-electron chi connectivity index (χ2n) is 14.6. The molecule has 0 aliphatic rings. The maximum atomic E-state index is 6.04. The number of fused-ring (bicyclic) bond motifs is 9. The molecular weight excluding hydrogens is 717 g/mol. The minimum Gasteiger partial charge on any atom is -0.454 e. The van der Waals surface area contributed by atoms with Gasteiger partial charge in [-0.3, -0.25) is 9.97 Å². The van der Waals surface area contributed by atoms with Gasteiger partial charge in [0, 0.05) is 43.3 Å². The molecule has 0 bridgehead atoms. The average Bonchev–Trinajstić information content (AvgIpc) is 3.96. The Labute approximate surface area is 330 Å². The van der Waals surface area contributed by atoms with Crippen molar-refractivity contribution in [2.75, 3.05) is 0 Å². The van der Waals surface area contributed by atoms with Crippen molar-refractivity contribution in [3.63, 3.8) is 0 Å². The SMILES string of the molecule is c1cc(-c2cccc(-c3ccc4oc5cccnc5c4c3)c2)cc(-c2ccc3sc4ccc(-c5cccc(-c6ccc7oc8cccnc8c7c6)c5)cc4c3c2)c1. The minimum atomic E-state index is 0.808. The van der Waals surface area contributed by atoms with Crippen molar-refractivity contribution < 1.29 is 8.83 Å². The molecule has 0 saturated carbocycles. The Hall–Kier alpha value is -7.34. The van der Waals surface area contributed by atoms with Crippen LogP contribution in [0.25, 0.3) is 120 Å². The Morgan fingerprint density at radius 1 is 0.298 bits per heavy atom. The summed E-state index contributed by atoms with van der Waals surface area (Å²) in [5.41, 5.74) is 16.8. The normalized spacial score (nSPS) is 11.9. The molecule has 0 fully saturated rings. The monoisotopic (exact) mass is 746 g/mol. The summed E-state index contributed by atoms with van der Waals surface area (Å²) in [6, 6.07) is 60.7. The fourth-order valence-corrected chi connectivity index (χ4v) is 9.39. The molecule has 0 atom stereocenters. The first-order chi connectivity index (χ1) is 28.2. The summed E-state index contributed by atoms with van der Waals surface area (Å²) in [5.74, 6) is 0. The van der Waals surface area contributed by atoms with E-state index in [2.05, 4.69) is 149 Å². The lowest BCUT2D eigenvalue weighted by Gasteiger charge is -2.09.